The van der Waals surface area contributed by atoms with Crippen LogP contribution in [0.25, 0.3) is 0 Å². The standard InChI is InChI=1S/C20H15ClN2O4S/c1-27-16-7-4-14(5-8-16)22-20(24)18-12-15(23(25)26)6-11-19(18)28-17-9-2-13(21)3-10-17/h2-12H,1H3,(H,22,24). The van der Waals surface area contributed by atoms with Crippen LogP contribution in [0.15, 0.2) is 76.5 Å². The molecule has 0 saturated heterocycles. The number of anilines is 1. The average Bonchev–Trinajstić information content (AvgIpc) is 2.70. The predicted octanol–water partition coefficient (Wildman–Crippen LogP) is 5.66. The van der Waals surface area contributed by atoms with Gasteiger partial charge in [-0.3, -0.25) is 14.9 Å². The Morgan fingerprint density at radius 2 is 1.75 bits per heavy atom. The summed E-state index contributed by atoms with van der Waals surface area (Å²) in [7, 11) is 1.55. The second kappa shape index (κ2) is 8.77. The van der Waals surface area contributed by atoms with Crippen molar-refractivity contribution < 1.29 is 14.5 Å². The topological polar surface area (TPSA) is 81.5 Å². The Hall–Kier alpha value is -3.03. The van der Waals surface area contributed by atoms with Gasteiger partial charge in [0, 0.05) is 32.6 Å². The Kier molecular flexibility index (Phi) is 6.18. The average molecular weight is 415 g/mol. The maximum absolute atomic E-state index is 12.8. The lowest BCUT2D eigenvalue weighted by atomic mass is 10.2. The molecular formula is C20H15ClN2O4S. The molecule has 3 rings (SSSR count). The van der Waals surface area contributed by atoms with E-state index >= 15 is 0 Å². The maximum atomic E-state index is 12.8. The number of benzene rings is 3. The van der Waals surface area contributed by atoms with Crippen LogP contribution in [-0.4, -0.2) is 17.9 Å². The van der Waals surface area contributed by atoms with E-state index in [2.05, 4.69) is 5.32 Å². The minimum Gasteiger partial charge on any atom is -0.497 e. The molecular weight excluding hydrogens is 400 g/mol. The van der Waals surface area contributed by atoms with Gasteiger partial charge in [-0.15, -0.1) is 0 Å². The summed E-state index contributed by atoms with van der Waals surface area (Å²) in [6.45, 7) is 0. The van der Waals surface area contributed by atoms with E-state index in [0.717, 1.165) is 4.90 Å². The number of hydrogen-bond donors (Lipinski definition) is 1. The van der Waals surface area contributed by atoms with Crippen molar-refractivity contribution in [3.63, 3.8) is 0 Å². The van der Waals surface area contributed by atoms with E-state index < -0.39 is 10.8 Å². The van der Waals surface area contributed by atoms with Crippen molar-refractivity contribution in [2.24, 2.45) is 0 Å². The molecule has 0 unspecified atom stereocenters. The maximum Gasteiger partial charge on any atom is 0.270 e. The smallest absolute Gasteiger partial charge is 0.270 e. The zero-order chi connectivity index (χ0) is 20.1. The molecule has 0 aliphatic carbocycles. The van der Waals surface area contributed by atoms with E-state index in [1.165, 1.54) is 23.9 Å². The predicted molar refractivity (Wildman–Crippen MR) is 110 cm³/mol. The lowest BCUT2D eigenvalue weighted by Crippen LogP contribution is -2.13. The largest absolute Gasteiger partial charge is 0.497 e. The number of nitro benzene ring substituents is 1. The number of nitro groups is 1. The summed E-state index contributed by atoms with van der Waals surface area (Å²) in [5.41, 5.74) is 0.616. The number of ether oxygens (including phenoxy) is 1. The van der Waals surface area contributed by atoms with Crippen LogP contribution >= 0.6 is 23.4 Å². The van der Waals surface area contributed by atoms with E-state index in [9.17, 15) is 14.9 Å². The molecule has 0 fully saturated rings. The Labute approximate surface area is 170 Å². The Morgan fingerprint density at radius 1 is 1.07 bits per heavy atom. The van der Waals surface area contributed by atoms with Crippen molar-refractivity contribution in [3.8, 4) is 5.75 Å². The molecule has 0 saturated carbocycles. The molecule has 0 radical (unpaired) electrons. The van der Waals surface area contributed by atoms with Crippen LogP contribution in [0, 0.1) is 10.1 Å². The van der Waals surface area contributed by atoms with Crippen LogP contribution in [0.1, 0.15) is 10.4 Å². The zero-order valence-electron chi connectivity index (χ0n) is 14.7. The van der Waals surface area contributed by atoms with Gasteiger partial charge >= 0.3 is 0 Å². The highest BCUT2D eigenvalue weighted by Crippen LogP contribution is 2.33. The Balaban J connectivity index is 1.90. The highest BCUT2D eigenvalue weighted by molar-refractivity contribution is 7.99. The van der Waals surface area contributed by atoms with Gasteiger partial charge in [-0.05, 0) is 54.6 Å². The molecule has 8 heteroatoms. The summed E-state index contributed by atoms with van der Waals surface area (Å²) >= 11 is 7.23. The number of hydrogen-bond acceptors (Lipinski definition) is 5. The number of halogens is 1. The normalized spacial score (nSPS) is 10.4. The van der Waals surface area contributed by atoms with Crippen molar-refractivity contribution in [1.82, 2.24) is 0 Å². The van der Waals surface area contributed by atoms with Gasteiger partial charge in [0.25, 0.3) is 11.6 Å². The van der Waals surface area contributed by atoms with E-state index in [1.54, 1.807) is 49.6 Å². The van der Waals surface area contributed by atoms with Crippen molar-refractivity contribution in [3.05, 3.63) is 87.4 Å². The lowest BCUT2D eigenvalue weighted by molar-refractivity contribution is -0.384. The molecule has 0 aromatic heterocycles. The number of nitrogens with one attached hydrogen (secondary N) is 1. The van der Waals surface area contributed by atoms with E-state index in [-0.39, 0.29) is 11.3 Å². The highest BCUT2D eigenvalue weighted by Gasteiger charge is 2.18. The molecule has 0 heterocycles. The zero-order valence-corrected chi connectivity index (χ0v) is 16.3. The molecule has 3 aromatic carbocycles. The van der Waals surface area contributed by atoms with Crippen LogP contribution in [-0.2, 0) is 0 Å². The number of carbonyl (C=O) groups is 1. The number of nitrogens with zero attached hydrogens (tertiary/aromatic N) is 1. The van der Waals surface area contributed by atoms with Gasteiger partial charge < -0.3 is 10.1 Å². The summed E-state index contributed by atoms with van der Waals surface area (Å²) in [6.07, 6.45) is 0. The summed E-state index contributed by atoms with van der Waals surface area (Å²) in [4.78, 5) is 24.9. The monoisotopic (exact) mass is 414 g/mol. The van der Waals surface area contributed by atoms with Crippen molar-refractivity contribution in [2.45, 2.75) is 9.79 Å². The van der Waals surface area contributed by atoms with Crippen LogP contribution in [0.2, 0.25) is 5.02 Å². The number of rotatable bonds is 6. The number of carbonyl (C=O) groups excluding carboxylic acids is 1. The van der Waals surface area contributed by atoms with E-state index in [1.807, 2.05) is 12.1 Å². The molecule has 28 heavy (non-hydrogen) atoms. The first-order valence-corrected chi connectivity index (χ1v) is 9.33. The third-order valence-electron chi connectivity index (χ3n) is 3.81. The van der Waals surface area contributed by atoms with Gasteiger partial charge in [0.1, 0.15) is 5.75 Å². The van der Waals surface area contributed by atoms with E-state index in [4.69, 9.17) is 16.3 Å². The fourth-order valence-corrected chi connectivity index (χ4v) is 3.45. The molecule has 0 bridgehead atoms. The summed E-state index contributed by atoms with van der Waals surface area (Å²) < 4.78 is 5.09. The molecule has 6 nitrogen and oxygen atoms in total. The molecule has 3 aromatic rings. The minimum absolute atomic E-state index is 0.152. The van der Waals surface area contributed by atoms with Gasteiger partial charge in [0.15, 0.2) is 0 Å². The third kappa shape index (κ3) is 4.82. The molecule has 1 amide bonds. The summed E-state index contributed by atoms with van der Waals surface area (Å²) in [6, 6.07) is 18.2. The molecule has 0 aliphatic rings. The fourth-order valence-electron chi connectivity index (χ4n) is 2.40. The summed E-state index contributed by atoms with van der Waals surface area (Å²) in [5.74, 6) is 0.220. The van der Waals surface area contributed by atoms with E-state index in [0.29, 0.717) is 21.4 Å². The van der Waals surface area contributed by atoms with Gasteiger partial charge in [0.2, 0.25) is 0 Å². The number of methoxy groups -OCH3 is 1. The minimum atomic E-state index is -0.527. The lowest BCUT2D eigenvalue weighted by Gasteiger charge is -2.11. The molecule has 142 valence electrons. The first-order chi connectivity index (χ1) is 13.5. The van der Waals surface area contributed by atoms with Crippen LogP contribution in [0.5, 0.6) is 5.75 Å². The number of non-ortho nitro benzene ring substituents is 1. The van der Waals surface area contributed by atoms with Gasteiger partial charge in [-0.25, -0.2) is 0 Å². The first kappa shape index (κ1) is 19.7. The quantitative estimate of drug-likeness (QED) is 0.415. The van der Waals surface area contributed by atoms with Gasteiger partial charge in [0.05, 0.1) is 17.6 Å². The second-order valence-electron chi connectivity index (χ2n) is 5.68. The SMILES string of the molecule is COc1ccc(NC(=O)c2cc([N+](=O)[O-])ccc2Sc2ccc(Cl)cc2)cc1. The highest BCUT2D eigenvalue weighted by atomic mass is 35.5. The van der Waals surface area contributed by atoms with Crippen LogP contribution < -0.4 is 10.1 Å². The van der Waals surface area contributed by atoms with Crippen molar-refractivity contribution in [2.75, 3.05) is 12.4 Å². The molecule has 0 spiro atoms. The Morgan fingerprint density at radius 3 is 2.36 bits per heavy atom. The number of amides is 1. The van der Waals surface area contributed by atoms with Gasteiger partial charge in [-0.2, -0.15) is 0 Å². The fraction of sp³-hybridized carbons (Fsp3) is 0.0500. The van der Waals surface area contributed by atoms with Gasteiger partial charge in [-0.1, -0.05) is 23.4 Å². The van der Waals surface area contributed by atoms with Crippen LogP contribution in [0.4, 0.5) is 11.4 Å². The van der Waals surface area contributed by atoms with Crippen molar-refractivity contribution in [1.29, 1.82) is 0 Å². The second-order valence-corrected chi connectivity index (χ2v) is 7.23. The van der Waals surface area contributed by atoms with Crippen molar-refractivity contribution >= 4 is 40.6 Å². The third-order valence-corrected chi connectivity index (χ3v) is 5.14. The first-order valence-electron chi connectivity index (χ1n) is 8.13. The summed E-state index contributed by atoms with van der Waals surface area (Å²) in [5, 5.41) is 14.5. The Bertz CT molecular complexity index is 1010. The molecule has 1 N–H and O–H groups in total. The molecule has 0 aliphatic heterocycles. The molecule has 0 atom stereocenters. The van der Waals surface area contributed by atoms with Crippen LogP contribution in [0.3, 0.4) is 0 Å².